The van der Waals surface area contributed by atoms with E-state index in [1.165, 1.54) is 4.68 Å². The van der Waals surface area contributed by atoms with Gasteiger partial charge in [-0.2, -0.15) is 0 Å². The second-order valence-electron chi connectivity index (χ2n) is 5.25. The third-order valence-electron chi connectivity index (χ3n) is 3.93. The summed E-state index contributed by atoms with van der Waals surface area (Å²) in [6.07, 6.45) is 4.20. The molecule has 1 N–H and O–H groups in total. The van der Waals surface area contributed by atoms with Gasteiger partial charge in [0.15, 0.2) is 5.82 Å². The zero-order valence-electron chi connectivity index (χ0n) is 11.6. The minimum Gasteiger partial charge on any atom is -0.481 e. The van der Waals surface area contributed by atoms with E-state index in [1.807, 2.05) is 7.05 Å². The van der Waals surface area contributed by atoms with Crippen molar-refractivity contribution in [2.75, 3.05) is 13.2 Å². The van der Waals surface area contributed by atoms with Crippen molar-refractivity contribution < 1.29 is 14.6 Å². The second-order valence-corrected chi connectivity index (χ2v) is 5.25. The average Bonchev–Trinajstić information content (AvgIpc) is 3.08. The van der Waals surface area contributed by atoms with Gasteiger partial charge in [-0.3, -0.25) is 4.79 Å². The largest absolute Gasteiger partial charge is 0.481 e. The smallest absolute Gasteiger partial charge is 0.311 e. The van der Waals surface area contributed by atoms with Crippen LogP contribution in [-0.4, -0.2) is 54.0 Å². The fourth-order valence-corrected chi connectivity index (χ4v) is 2.56. The molecule has 3 rings (SSSR count). The molecule has 0 bridgehead atoms. The minimum absolute atomic E-state index is 0.221. The Morgan fingerprint density at radius 1 is 1.48 bits per heavy atom. The van der Waals surface area contributed by atoms with E-state index >= 15 is 0 Å². The number of ether oxygens (including phenoxy) is 1. The molecule has 9 nitrogen and oxygen atoms in total. The lowest BCUT2D eigenvalue weighted by Crippen LogP contribution is -2.41. The maximum Gasteiger partial charge on any atom is 0.311 e. The molecule has 1 saturated heterocycles. The van der Waals surface area contributed by atoms with Crippen LogP contribution in [0.3, 0.4) is 0 Å². The highest BCUT2D eigenvalue weighted by atomic mass is 16.5. The molecule has 1 fully saturated rings. The fourth-order valence-electron chi connectivity index (χ4n) is 2.56. The lowest BCUT2D eigenvalue weighted by molar-refractivity contribution is -0.156. The number of aromatic nitrogens is 6. The van der Waals surface area contributed by atoms with E-state index in [0.29, 0.717) is 31.9 Å². The summed E-state index contributed by atoms with van der Waals surface area (Å²) in [6, 6.07) is 0. The van der Waals surface area contributed by atoms with Crippen molar-refractivity contribution in [3.63, 3.8) is 0 Å². The van der Waals surface area contributed by atoms with Gasteiger partial charge < -0.3 is 14.4 Å². The van der Waals surface area contributed by atoms with Gasteiger partial charge >= 0.3 is 5.97 Å². The Bertz CT molecular complexity index is 643. The molecule has 1 aliphatic heterocycles. The quantitative estimate of drug-likeness (QED) is 0.841. The van der Waals surface area contributed by atoms with Crippen LogP contribution in [-0.2, 0) is 23.1 Å². The lowest BCUT2D eigenvalue weighted by Gasteiger charge is -2.32. The Hall–Kier alpha value is -2.29. The summed E-state index contributed by atoms with van der Waals surface area (Å²) in [6.45, 7) is 1.10. The molecular weight excluding hydrogens is 276 g/mol. The van der Waals surface area contributed by atoms with E-state index in [4.69, 9.17) is 4.74 Å². The minimum atomic E-state index is -0.888. The molecule has 112 valence electrons. The molecule has 0 spiro atoms. The fraction of sp³-hybridized carbons (Fsp3) is 0.583. The highest BCUT2D eigenvalue weighted by Gasteiger charge is 2.41. The van der Waals surface area contributed by atoms with Crippen molar-refractivity contribution in [2.24, 2.45) is 12.5 Å². The number of tetrazole rings is 1. The zero-order valence-corrected chi connectivity index (χ0v) is 11.6. The summed E-state index contributed by atoms with van der Waals surface area (Å²) in [5.74, 6) is -0.320. The van der Waals surface area contributed by atoms with E-state index in [-0.39, 0.29) is 6.54 Å². The predicted octanol–water partition coefficient (Wildman–Crippen LogP) is -0.0450. The molecule has 0 atom stereocenters. The molecule has 1 aliphatic rings. The maximum atomic E-state index is 11.7. The highest BCUT2D eigenvalue weighted by Crippen LogP contribution is 2.33. The number of hydrogen-bond acceptors (Lipinski definition) is 6. The van der Waals surface area contributed by atoms with Crippen LogP contribution in [0, 0.1) is 5.41 Å². The van der Waals surface area contributed by atoms with Crippen molar-refractivity contribution >= 4 is 5.97 Å². The first-order valence-corrected chi connectivity index (χ1v) is 6.66. The van der Waals surface area contributed by atoms with Crippen LogP contribution < -0.4 is 0 Å². The summed E-state index contributed by atoms with van der Waals surface area (Å²) in [5.41, 5.74) is -0.145. The number of aliphatic carboxylic acids is 1. The summed E-state index contributed by atoms with van der Waals surface area (Å²) in [7, 11) is 1.84. The van der Waals surface area contributed by atoms with Crippen LogP contribution >= 0.6 is 0 Å². The van der Waals surface area contributed by atoms with Gasteiger partial charge in [0.1, 0.15) is 5.69 Å². The summed E-state index contributed by atoms with van der Waals surface area (Å²) >= 11 is 0. The standard InChI is InChI=1S/C12H16N6O3/c1-17-8-13-6-9(17)10-14-15-16-18(10)7-12(11(19)20)2-4-21-5-3-12/h6,8H,2-5,7H2,1H3,(H,19,20). The topological polar surface area (TPSA) is 108 Å². The number of hydrogen-bond donors (Lipinski definition) is 1. The third kappa shape index (κ3) is 2.40. The first kappa shape index (κ1) is 13.7. The molecule has 21 heavy (non-hydrogen) atoms. The molecule has 0 aliphatic carbocycles. The van der Waals surface area contributed by atoms with E-state index in [9.17, 15) is 9.90 Å². The summed E-state index contributed by atoms with van der Waals surface area (Å²) in [5, 5.41) is 21.2. The van der Waals surface area contributed by atoms with Crippen molar-refractivity contribution in [1.29, 1.82) is 0 Å². The maximum absolute atomic E-state index is 11.7. The Balaban J connectivity index is 1.93. The SMILES string of the molecule is Cn1cncc1-c1nnnn1CC1(C(=O)O)CCOCC1. The second kappa shape index (κ2) is 5.24. The lowest BCUT2D eigenvalue weighted by atomic mass is 9.80. The van der Waals surface area contributed by atoms with Crippen molar-refractivity contribution in [1.82, 2.24) is 29.8 Å². The number of nitrogens with zero attached hydrogens (tertiary/aromatic N) is 6. The van der Waals surface area contributed by atoms with Gasteiger partial charge in [0.2, 0.25) is 0 Å². The van der Waals surface area contributed by atoms with Crippen molar-refractivity contribution in [3.05, 3.63) is 12.5 Å². The van der Waals surface area contributed by atoms with Crippen molar-refractivity contribution in [3.8, 4) is 11.5 Å². The number of rotatable bonds is 4. The first-order chi connectivity index (χ1) is 10.1. The Morgan fingerprint density at radius 3 is 2.86 bits per heavy atom. The molecule has 2 aromatic heterocycles. The normalized spacial score (nSPS) is 17.8. The monoisotopic (exact) mass is 292 g/mol. The van der Waals surface area contributed by atoms with Gasteiger partial charge in [-0.1, -0.05) is 0 Å². The number of aryl methyl sites for hydroxylation is 1. The van der Waals surface area contributed by atoms with Crippen LogP contribution in [0.1, 0.15) is 12.8 Å². The van der Waals surface area contributed by atoms with E-state index in [0.717, 1.165) is 5.69 Å². The predicted molar refractivity (Wildman–Crippen MR) is 70.1 cm³/mol. The van der Waals surface area contributed by atoms with Crippen molar-refractivity contribution in [2.45, 2.75) is 19.4 Å². The number of carbonyl (C=O) groups is 1. The van der Waals surface area contributed by atoms with Gasteiger partial charge in [0.05, 0.1) is 24.5 Å². The Kier molecular flexibility index (Phi) is 3.42. The number of carboxylic acid groups (broad SMARTS) is 1. The molecular formula is C12H16N6O3. The van der Waals surface area contributed by atoms with Crippen LogP contribution in [0.25, 0.3) is 11.5 Å². The first-order valence-electron chi connectivity index (χ1n) is 6.66. The van der Waals surface area contributed by atoms with Crippen LogP contribution in [0.5, 0.6) is 0 Å². The van der Waals surface area contributed by atoms with Gasteiger partial charge in [0.25, 0.3) is 0 Å². The van der Waals surface area contributed by atoms with Crippen LogP contribution in [0.15, 0.2) is 12.5 Å². The molecule has 9 heteroatoms. The van der Waals surface area contributed by atoms with Crippen LogP contribution in [0.2, 0.25) is 0 Å². The zero-order chi connectivity index (χ0) is 14.9. The van der Waals surface area contributed by atoms with Crippen LogP contribution in [0.4, 0.5) is 0 Å². The molecule has 0 saturated carbocycles. The third-order valence-corrected chi connectivity index (χ3v) is 3.93. The van der Waals surface area contributed by atoms with Gasteiger partial charge in [0, 0.05) is 20.3 Å². The molecule has 0 unspecified atom stereocenters. The van der Waals surface area contributed by atoms with Gasteiger partial charge in [-0.15, -0.1) is 5.10 Å². The molecule has 0 amide bonds. The van der Waals surface area contributed by atoms with Gasteiger partial charge in [-0.25, -0.2) is 9.67 Å². The van der Waals surface area contributed by atoms with Gasteiger partial charge in [-0.05, 0) is 23.3 Å². The molecule has 0 radical (unpaired) electrons. The highest BCUT2D eigenvalue weighted by molar-refractivity contribution is 5.74. The number of imidazole rings is 1. The molecule has 3 heterocycles. The number of carboxylic acids is 1. The molecule has 0 aromatic carbocycles. The average molecular weight is 292 g/mol. The summed E-state index contributed by atoms with van der Waals surface area (Å²) in [4.78, 5) is 15.7. The van der Waals surface area contributed by atoms with E-state index < -0.39 is 11.4 Å². The molecule has 2 aromatic rings. The van der Waals surface area contributed by atoms with E-state index in [2.05, 4.69) is 20.5 Å². The Morgan fingerprint density at radius 2 is 2.24 bits per heavy atom. The van der Waals surface area contributed by atoms with E-state index in [1.54, 1.807) is 17.1 Å². The Labute approximate surface area is 120 Å². The summed E-state index contributed by atoms with van der Waals surface area (Å²) < 4.78 is 8.61.